The molecular formula is C34H21N3. The van der Waals surface area contributed by atoms with Gasteiger partial charge in [0.25, 0.3) is 0 Å². The molecule has 0 unspecified atom stereocenters. The van der Waals surface area contributed by atoms with Crippen LogP contribution in [0.2, 0.25) is 0 Å². The van der Waals surface area contributed by atoms with Crippen molar-refractivity contribution in [3.63, 3.8) is 0 Å². The van der Waals surface area contributed by atoms with E-state index in [1.165, 1.54) is 21.8 Å². The molecule has 0 bridgehead atoms. The van der Waals surface area contributed by atoms with Gasteiger partial charge in [-0.3, -0.25) is 4.98 Å². The van der Waals surface area contributed by atoms with E-state index in [0.717, 1.165) is 49.5 Å². The van der Waals surface area contributed by atoms with Gasteiger partial charge in [0.15, 0.2) is 0 Å². The lowest BCUT2D eigenvalue weighted by molar-refractivity contribution is 1.18. The molecule has 5 aromatic carbocycles. The summed E-state index contributed by atoms with van der Waals surface area (Å²) in [6, 6.07) is 42.8. The molecule has 0 amide bonds. The molecule has 0 aliphatic carbocycles. The minimum absolute atomic E-state index is 0.967. The molecule has 8 aromatic rings. The summed E-state index contributed by atoms with van der Waals surface area (Å²) in [6.45, 7) is 0. The number of fused-ring (bicyclic) bond motifs is 9. The molecule has 0 spiro atoms. The highest BCUT2D eigenvalue weighted by Crippen LogP contribution is 2.35. The Morgan fingerprint density at radius 2 is 0.973 bits per heavy atom. The van der Waals surface area contributed by atoms with Crippen LogP contribution in [-0.4, -0.2) is 14.5 Å². The maximum atomic E-state index is 5.18. The van der Waals surface area contributed by atoms with Crippen LogP contribution in [-0.2, 0) is 0 Å². The Labute approximate surface area is 213 Å². The molecule has 3 heteroatoms. The average molecular weight is 472 g/mol. The van der Waals surface area contributed by atoms with Gasteiger partial charge >= 0.3 is 0 Å². The maximum absolute atomic E-state index is 5.18. The topological polar surface area (TPSA) is 30.7 Å². The second kappa shape index (κ2) is 7.74. The molecule has 0 saturated heterocycles. The minimum Gasteiger partial charge on any atom is -0.309 e. The minimum atomic E-state index is 0.967. The first-order valence-corrected chi connectivity index (χ1v) is 12.5. The Bertz CT molecular complexity index is 2050. The van der Waals surface area contributed by atoms with Crippen LogP contribution in [0, 0.1) is 0 Å². The van der Waals surface area contributed by atoms with Crippen molar-refractivity contribution in [2.75, 3.05) is 0 Å². The summed E-state index contributed by atoms with van der Waals surface area (Å²) in [5.41, 5.74) is 7.68. The monoisotopic (exact) mass is 471 g/mol. The van der Waals surface area contributed by atoms with Gasteiger partial charge in [0, 0.05) is 49.8 Å². The molecule has 0 radical (unpaired) electrons. The van der Waals surface area contributed by atoms with Crippen molar-refractivity contribution in [2.24, 2.45) is 0 Å². The number of hydrogen-bond acceptors (Lipinski definition) is 2. The van der Waals surface area contributed by atoms with Gasteiger partial charge in [-0.05, 0) is 42.5 Å². The maximum Gasteiger partial charge on any atom is 0.0795 e. The van der Waals surface area contributed by atoms with E-state index >= 15 is 0 Å². The number of rotatable bonds is 2. The molecular weight excluding hydrogens is 450 g/mol. The van der Waals surface area contributed by atoms with Crippen LogP contribution in [0.25, 0.3) is 71.3 Å². The first-order valence-electron chi connectivity index (χ1n) is 12.5. The van der Waals surface area contributed by atoms with E-state index in [4.69, 9.17) is 4.98 Å². The first-order chi connectivity index (χ1) is 18.4. The number of hydrogen-bond donors (Lipinski definition) is 0. The van der Waals surface area contributed by atoms with Gasteiger partial charge in [0.2, 0.25) is 0 Å². The third-order valence-electron chi connectivity index (χ3n) is 7.43. The number of benzene rings is 5. The number of para-hydroxylation sites is 2. The van der Waals surface area contributed by atoms with Crippen LogP contribution >= 0.6 is 0 Å². The van der Waals surface area contributed by atoms with Gasteiger partial charge in [0.05, 0.1) is 27.8 Å². The zero-order valence-corrected chi connectivity index (χ0v) is 20.0. The summed E-state index contributed by atoms with van der Waals surface area (Å²) < 4.78 is 2.34. The van der Waals surface area contributed by atoms with Crippen molar-refractivity contribution in [1.82, 2.24) is 14.5 Å². The Morgan fingerprint density at radius 3 is 1.65 bits per heavy atom. The molecule has 172 valence electrons. The van der Waals surface area contributed by atoms with Crippen molar-refractivity contribution in [2.45, 2.75) is 0 Å². The number of nitrogens with zero attached hydrogens (tertiary/aromatic N) is 3. The molecule has 3 heterocycles. The van der Waals surface area contributed by atoms with E-state index in [1.807, 2.05) is 12.3 Å². The molecule has 37 heavy (non-hydrogen) atoms. The van der Waals surface area contributed by atoms with Crippen molar-refractivity contribution in [3.8, 4) is 16.9 Å². The van der Waals surface area contributed by atoms with E-state index in [-0.39, 0.29) is 0 Å². The van der Waals surface area contributed by atoms with Crippen LogP contribution in [0.4, 0.5) is 0 Å². The predicted molar refractivity (Wildman–Crippen MR) is 154 cm³/mol. The Kier molecular flexibility index (Phi) is 4.23. The summed E-state index contributed by atoms with van der Waals surface area (Å²) in [6.07, 6.45) is 1.86. The quantitative estimate of drug-likeness (QED) is 0.236. The third-order valence-corrected chi connectivity index (χ3v) is 7.43. The molecule has 0 fully saturated rings. The lowest BCUT2D eigenvalue weighted by atomic mass is 9.99. The zero-order valence-electron chi connectivity index (χ0n) is 20.0. The van der Waals surface area contributed by atoms with E-state index in [1.54, 1.807) is 0 Å². The molecule has 0 saturated carbocycles. The second-order valence-corrected chi connectivity index (χ2v) is 9.45. The van der Waals surface area contributed by atoms with Crippen LogP contribution in [0.1, 0.15) is 0 Å². The molecule has 0 aliphatic heterocycles. The van der Waals surface area contributed by atoms with Crippen molar-refractivity contribution < 1.29 is 0 Å². The van der Waals surface area contributed by atoms with Gasteiger partial charge in [-0.1, -0.05) is 78.9 Å². The highest BCUT2D eigenvalue weighted by molar-refractivity contribution is 6.23. The van der Waals surface area contributed by atoms with Crippen molar-refractivity contribution in [1.29, 1.82) is 0 Å². The summed E-state index contributed by atoms with van der Waals surface area (Å²) >= 11 is 0. The first kappa shape index (κ1) is 20.2. The van der Waals surface area contributed by atoms with Crippen LogP contribution in [0.5, 0.6) is 0 Å². The van der Waals surface area contributed by atoms with Crippen LogP contribution in [0.3, 0.4) is 0 Å². The number of aromatic nitrogens is 3. The van der Waals surface area contributed by atoms with Gasteiger partial charge in [0.1, 0.15) is 0 Å². The summed E-state index contributed by atoms with van der Waals surface area (Å²) in [5, 5.41) is 7.08. The Hall–Kier alpha value is -5.02. The fraction of sp³-hybridized carbons (Fsp3) is 0. The molecule has 0 aliphatic rings. The predicted octanol–water partition coefficient (Wildman–Crippen LogP) is 8.70. The SMILES string of the molecule is c1ccc2c(c1)c1ncccc1c1ccc(-c3ccc(-n4c5ccccc5c5ccccc54)cc3)nc21. The van der Waals surface area contributed by atoms with Gasteiger partial charge < -0.3 is 4.57 Å². The molecule has 0 atom stereocenters. The van der Waals surface area contributed by atoms with Gasteiger partial charge in [-0.25, -0.2) is 4.98 Å². The van der Waals surface area contributed by atoms with Crippen LogP contribution in [0.15, 0.2) is 128 Å². The fourth-order valence-corrected chi connectivity index (χ4v) is 5.76. The molecule has 3 aromatic heterocycles. The molecule has 3 nitrogen and oxygen atoms in total. The highest BCUT2D eigenvalue weighted by Gasteiger charge is 2.13. The van der Waals surface area contributed by atoms with E-state index < -0.39 is 0 Å². The number of pyridine rings is 2. The summed E-state index contributed by atoms with van der Waals surface area (Å²) in [5.74, 6) is 0. The standard InChI is InChI=1S/C34H21N3/c1-2-11-28-26(10-1)33-27(12-7-21-35-33)29-19-20-30(36-34(28)29)22-15-17-23(18-16-22)37-31-13-5-3-8-24(31)25-9-4-6-14-32(25)37/h1-21H. The largest absolute Gasteiger partial charge is 0.309 e. The fourth-order valence-electron chi connectivity index (χ4n) is 5.76. The normalized spacial score (nSPS) is 11.8. The van der Waals surface area contributed by atoms with E-state index in [0.29, 0.717) is 0 Å². The van der Waals surface area contributed by atoms with Crippen molar-refractivity contribution in [3.05, 3.63) is 128 Å². The summed E-state index contributed by atoms with van der Waals surface area (Å²) in [4.78, 5) is 9.87. The Morgan fingerprint density at radius 1 is 0.432 bits per heavy atom. The lowest BCUT2D eigenvalue weighted by Gasteiger charge is -2.11. The van der Waals surface area contributed by atoms with Gasteiger partial charge in [-0.2, -0.15) is 0 Å². The second-order valence-electron chi connectivity index (χ2n) is 9.45. The van der Waals surface area contributed by atoms with Crippen LogP contribution < -0.4 is 0 Å². The smallest absolute Gasteiger partial charge is 0.0795 e. The average Bonchev–Trinajstić information content (AvgIpc) is 3.32. The van der Waals surface area contributed by atoms with Gasteiger partial charge in [-0.15, -0.1) is 0 Å². The van der Waals surface area contributed by atoms with E-state index in [2.05, 4.69) is 125 Å². The molecule has 0 N–H and O–H groups in total. The zero-order chi connectivity index (χ0) is 24.3. The molecule has 8 rings (SSSR count). The van der Waals surface area contributed by atoms with Crippen molar-refractivity contribution >= 4 is 54.4 Å². The third kappa shape index (κ3) is 2.95. The summed E-state index contributed by atoms with van der Waals surface area (Å²) in [7, 11) is 0. The van der Waals surface area contributed by atoms with E-state index in [9.17, 15) is 0 Å². The Balaban J connectivity index is 1.31. The highest BCUT2D eigenvalue weighted by atomic mass is 15.0. The lowest BCUT2D eigenvalue weighted by Crippen LogP contribution is -1.94.